The van der Waals surface area contributed by atoms with E-state index in [0.717, 1.165) is 17.1 Å². The first-order valence-corrected chi connectivity index (χ1v) is 12.3. The maximum Gasteiger partial charge on any atom is 0.243 e. The molecule has 4 rings (SSSR count). The molecule has 2 aromatic heterocycles. The molecule has 1 saturated heterocycles. The number of sulfonamides is 1. The van der Waals surface area contributed by atoms with Gasteiger partial charge in [-0.3, -0.25) is 9.69 Å². The Morgan fingerprint density at radius 1 is 1.09 bits per heavy atom. The number of likely N-dealkylation sites (N-methyl/N-ethyl adjacent to an activating group) is 1. The fraction of sp³-hybridized carbons (Fsp3) is 0.375. The van der Waals surface area contributed by atoms with Crippen LogP contribution in [0.4, 0.5) is 0 Å². The van der Waals surface area contributed by atoms with Gasteiger partial charge in [0.2, 0.25) is 10.0 Å². The van der Waals surface area contributed by atoms with Gasteiger partial charge in [0.15, 0.2) is 5.78 Å². The van der Waals surface area contributed by atoms with Crippen molar-refractivity contribution in [2.75, 3.05) is 39.9 Å². The van der Waals surface area contributed by atoms with Gasteiger partial charge in [0.05, 0.1) is 37.5 Å². The zero-order valence-corrected chi connectivity index (χ0v) is 20.0. The number of furan rings is 1. The third-order valence-corrected chi connectivity index (χ3v) is 7.73. The summed E-state index contributed by atoms with van der Waals surface area (Å²) in [5, 5.41) is 0. The number of benzene rings is 1. The highest BCUT2D eigenvalue weighted by Crippen LogP contribution is 2.25. The van der Waals surface area contributed by atoms with E-state index < -0.39 is 10.0 Å². The molecule has 0 N–H and O–H groups in total. The van der Waals surface area contributed by atoms with Crippen molar-refractivity contribution in [3.8, 4) is 5.69 Å². The van der Waals surface area contributed by atoms with Crippen molar-refractivity contribution in [2.45, 2.75) is 25.3 Å². The summed E-state index contributed by atoms with van der Waals surface area (Å²) in [4.78, 5) is 15.2. The van der Waals surface area contributed by atoms with Crippen LogP contribution in [-0.4, -0.2) is 67.9 Å². The first-order valence-electron chi connectivity index (χ1n) is 10.9. The van der Waals surface area contributed by atoms with Gasteiger partial charge in [0.25, 0.3) is 0 Å². The molecule has 1 aliphatic rings. The van der Waals surface area contributed by atoms with Gasteiger partial charge in [-0.25, -0.2) is 8.42 Å². The van der Waals surface area contributed by atoms with E-state index in [9.17, 15) is 13.2 Å². The molecule has 3 aromatic rings. The smallest absolute Gasteiger partial charge is 0.243 e. The van der Waals surface area contributed by atoms with E-state index in [0.29, 0.717) is 44.1 Å². The normalized spacial score (nSPS) is 15.3. The molecule has 0 atom stereocenters. The lowest BCUT2D eigenvalue weighted by Crippen LogP contribution is -2.40. The second-order valence-corrected chi connectivity index (χ2v) is 10.2. The Hall–Kier alpha value is -2.72. The SMILES string of the molecule is Cc1cc(C(=O)CN(C)Cc2ccco2)c(C)n1-c1cccc(S(=O)(=O)N2CCOCC2)c1. The Labute approximate surface area is 194 Å². The molecule has 0 radical (unpaired) electrons. The van der Waals surface area contributed by atoms with E-state index in [1.54, 1.807) is 24.5 Å². The molecule has 9 heteroatoms. The number of hydrogen-bond acceptors (Lipinski definition) is 6. The summed E-state index contributed by atoms with van der Waals surface area (Å²) in [6.45, 7) is 6.07. The van der Waals surface area contributed by atoms with Crippen LogP contribution in [0.15, 0.2) is 58.0 Å². The molecule has 3 heterocycles. The highest BCUT2D eigenvalue weighted by Gasteiger charge is 2.27. The summed E-state index contributed by atoms with van der Waals surface area (Å²) in [5.74, 6) is 0.801. The summed E-state index contributed by atoms with van der Waals surface area (Å²) in [6, 6.07) is 12.4. The summed E-state index contributed by atoms with van der Waals surface area (Å²) in [7, 11) is -1.74. The molecule has 33 heavy (non-hydrogen) atoms. The molecular weight excluding hydrogens is 442 g/mol. The summed E-state index contributed by atoms with van der Waals surface area (Å²) in [6.07, 6.45) is 1.62. The highest BCUT2D eigenvalue weighted by atomic mass is 32.2. The second-order valence-electron chi connectivity index (χ2n) is 8.31. The van der Waals surface area contributed by atoms with Crippen LogP contribution in [0.5, 0.6) is 0 Å². The van der Waals surface area contributed by atoms with Gasteiger partial charge in [0, 0.05) is 35.7 Å². The third kappa shape index (κ3) is 4.96. The average molecular weight is 472 g/mol. The van der Waals surface area contributed by atoms with E-state index in [4.69, 9.17) is 9.15 Å². The van der Waals surface area contributed by atoms with Gasteiger partial charge >= 0.3 is 0 Å². The van der Waals surface area contributed by atoms with Crippen molar-refractivity contribution in [2.24, 2.45) is 0 Å². The van der Waals surface area contributed by atoms with Crippen molar-refractivity contribution in [1.29, 1.82) is 0 Å². The van der Waals surface area contributed by atoms with Crippen LogP contribution >= 0.6 is 0 Å². The Bertz CT molecular complexity index is 1230. The Morgan fingerprint density at radius 2 is 1.85 bits per heavy atom. The van der Waals surface area contributed by atoms with Crippen LogP contribution in [0.3, 0.4) is 0 Å². The summed E-state index contributed by atoms with van der Waals surface area (Å²) >= 11 is 0. The first kappa shape index (κ1) is 23.4. The Morgan fingerprint density at radius 3 is 2.55 bits per heavy atom. The topological polar surface area (TPSA) is 85.0 Å². The molecule has 8 nitrogen and oxygen atoms in total. The monoisotopic (exact) mass is 471 g/mol. The number of carbonyl (C=O) groups excluding carboxylic acids is 1. The number of morpholine rings is 1. The van der Waals surface area contributed by atoms with E-state index >= 15 is 0 Å². The van der Waals surface area contributed by atoms with E-state index in [1.165, 1.54) is 4.31 Å². The van der Waals surface area contributed by atoms with Crippen molar-refractivity contribution in [1.82, 2.24) is 13.8 Å². The maximum atomic E-state index is 13.1. The van der Waals surface area contributed by atoms with Gasteiger partial charge in [0.1, 0.15) is 5.76 Å². The molecule has 0 saturated carbocycles. The molecule has 0 spiro atoms. The number of ether oxygens (including phenoxy) is 1. The standard InChI is InChI=1S/C24H29N3O5S/c1-18-14-23(24(28)17-25(3)16-21-7-5-11-32-21)19(2)27(18)20-6-4-8-22(15-20)33(29,30)26-9-12-31-13-10-26/h4-8,11,14-15H,9-10,12-13,16-17H2,1-3H3. The maximum absolute atomic E-state index is 13.1. The molecule has 0 amide bonds. The minimum atomic E-state index is -3.61. The molecule has 0 bridgehead atoms. The predicted octanol–water partition coefficient (Wildman–Crippen LogP) is 3.02. The molecule has 0 unspecified atom stereocenters. The fourth-order valence-electron chi connectivity index (χ4n) is 4.22. The lowest BCUT2D eigenvalue weighted by molar-refractivity contribution is 0.0730. The average Bonchev–Trinajstić information content (AvgIpc) is 3.41. The number of hydrogen-bond donors (Lipinski definition) is 0. The van der Waals surface area contributed by atoms with E-state index in [-0.39, 0.29) is 17.2 Å². The molecule has 176 valence electrons. The van der Waals surface area contributed by atoms with Gasteiger partial charge in [-0.1, -0.05) is 6.07 Å². The highest BCUT2D eigenvalue weighted by molar-refractivity contribution is 7.89. The van der Waals surface area contributed by atoms with E-state index in [2.05, 4.69) is 0 Å². The number of ketones is 1. The number of Topliss-reactive ketones (excluding diaryl/α,β-unsaturated/α-hetero) is 1. The lowest BCUT2D eigenvalue weighted by atomic mass is 10.1. The second kappa shape index (κ2) is 9.64. The van der Waals surface area contributed by atoms with Crippen LogP contribution in [0.1, 0.15) is 27.5 Å². The largest absolute Gasteiger partial charge is 0.468 e. The van der Waals surface area contributed by atoms with Gasteiger partial charge < -0.3 is 13.7 Å². The van der Waals surface area contributed by atoms with Crippen LogP contribution < -0.4 is 0 Å². The summed E-state index contributed by atoms with van der Waals surface area (Å²) in [5.41, 5.74) is 2.98. The minimum absolute atomic E-state index is 0.000462. The molecule has 1 fully saturated rings. The number of rotatable bonds is 8. The number of nitrogens with zero attached hydrogens (tertiary/aromatic N) is 3. The zero-order valence-electron chi connectivity index (χ0n) is 19.2. The van der Waals surface area contributed by atoms with Gasteiger partial charge in [-0.2, -0.15) is 4.31 Å². The van der Waals surface area contributed by atoms with Gasteiger partial charge in [-0.15, -0.1) is 0 Å². The van der Waals surface area contributed by atoms with Crippen LogP contribution in [0.2, 0.25) is 0 Å². The van der Waals surface area contributed by atoms with Crippen LogP contribution in [-0.2, 0) is 21.3 Å². The van der Waals surface area contributed by atoms with Crippen molar-refractivity contribution in [3.05, 3.63) is 71.4 Å². The summed E-state index contributed by atoms with van der Waals surface area (Å²) < 4.78 is 40.2. The first-order chi connectivity index (χ1) is 15.8. The lowest BCUT2D eigenvalue weighted by Gasteiger charge is -2.26. The quantitative estimate of drug-likeness (QED) is 0.470. The Balaban J connectivity index is 1.58. The molecule has 0 aliphatic carbocycles. The number of carbonyl (C=O) groups is 1. The van der Waals surface area contributed by atoms with Crippen molar-refractivity contribution < 1.29 is 22.4 Å². The third-order valence-electron chi connectivity index (χ3n) is 5.83. The molecule has 1 aliphatic heterocycles. The fourth-order valence-corrected chi connectivity index (χ4v) is 5.66. The van der Waals surface area contributed by atoms with E-state index in [1.807, 2.05) is 54.6 Å². The zero-order chi connectivity index (χ0) is 23.6. The number of aryl methyl sites for hydroxylation is 1. The molecular formula is C24H29N3O5S. The minimum Gasteiger partial charge on any atom is -0.468 e. The molecule has 1 aromatic carbocycles. The van der Waals surface area contributed by atoms with Crippen LogP contribution in [0, 0.1) is 13.8 Å². The van der Waals surface area contributed by atoms with Crippen molar-refractivity contribution in [3.63, 3.8) is 0 Å². The van der Waals surface area contributed by atoms with Crippen molar-refractivity contribution >= 4 is 15.8 Å². The van der Waals surface area contributed by atoms with Crippen LogP contribution in [0.25, 0.3) is 5.69 Å². The predicted molar refractivity (Wildman–Crippen MR) is 124 cm³/mol. The van der Waals surface area contributed by atoms with Gasteiger partial charge in [-0.05, 0) is 57.3 Å². The Kier molecular flexibility index (Phi) is 6.85. The number of aromatic nitrogens is 1.